The lowest BCUT2D eigenvalue weighted by Gasteiger charge is -2.46. The number of hydrazine groups is 1. The van der Waals surface area contributed by atoms with Gasteiger partial charge < -0.3 is 0 Å². The molecule has 3 aliphatic carbocycles. The lowest BCUT2D eigenvalue weighted by Crippen LogP contribution is -2.55. The third kappa shape index (κ3) is 3.45. The summed E-state index contributed by atoms with van der Waals surface area (Å²) in [5.74, 6) is 0.784. The number of hydrogen-bond donors (Lipinski definition) is 0. The molecular weight excluding hydrogens is 282 g/mol. The van der Waals surface area contributed by atoms with Gasteiger partial charge in [0.1, 0.15) is 6.17 Å². The summed E-state index contributed by atoms with van der Waals surface area (Å²) in [7, 11) is 0. The zero-order chi connectivity index (χ0) is 15.5. The molecule has 0 aromatic heterocycles. The first-order chi connectivity index (χ1) is 11.4. The molecule has 0 amide bonds. The molecule has 1 unspecified atom stereocenters. The van der Waals surface area contributed by atoms with Crippen LogP contribution >= 0.6 is 0 Å². The Bertz CT molecular complexity index is 362. The van der Waals surface area contributed by atoms with E-state index in [9.17, 15) is 0 Å². The van der Waals surface area contributed by atoms with Gasteiger partial charge in [0.25, 0.3) is 0 Å². The van der Waals surface area contributed by atoms with E-state index in [1.807, 2.05) is 0 Å². The Hall–Kier alpha value is -0.570. The van der Waals surface area contributed by atoms with Crippen LogP contribution in [-0.4, -0.2) is 34.6 Å². The minimum Gasteiger partial charge on any atom is -0.281 e. The molecular formula is C20H34N3. The van der Waals surface area contributed by atoms with Crippen molar-refractivity contribution in [2.24, 2.45) is 10.9 Å². The third-order valence-corrected chi connectivity index (χ3v) is 6.75. The van der Waals surface area contributed by atoms with Crippen molar-refractivity contribution in [2.45, 2.75) is 115 Å². The van der Waals surface area contributed by atoms with Crippen LogP contribution in [0.3, 0.4) is 0 Å². The quantitative estimate of drug-likeness (QED) is 0.730. The number of nitrogens with zero attached hydrogens (tertiary/aromatic N) is 3. The molecule has 0 bridgehead atoms. The van der Waals surface area contributed by atoms with Crippen molar-refractivity contribution in [1.82, 2.24) is 10.0 Å². The van der Waals surface area contributed by atoms with E-state index < -0.39 is 0 Å². The van der Waals surface area contributed by atoms with E-state index >= 15 is 0 Å². The molecule has 1 atom stereocenters. The molecule has 3 heteroatoms. The second kappa shape index (κ2) is 7.55. The summed E-state index contributed by atoms with van der Waals surface area (Å²) < 4.78 is 0. The first-order valence-electron chi connectivity index (χ1n) is 10.5. The van der Waals surface area contributed by atoms with Gasteiger partial charge in [0, 0.05) is 12.1 Å². The normalized spacial score (nSPS) is 32.7. The molecule has 3 nitrogen and oxygen atoms in total. The summed E-state index contributed by atoms with van der Waals surface area (Å²) in [4.78, 5) is 4.97. The zero-order valence-electron chi connectivity index (χ0n) is 14.8. The summed E-state index contributed by atoms with van der Waals surface area (Å²) in [5, 5.41) is 5.25. The van der Waals surface area contributed by atoms with Crippen LogP contribution in [0.2, 0.25) is 0 Å². The highest BCUT2D eigenvalue weighted by Crippen LogP contribution is 2.38. The van der Waals surface area contributed by atoms with E-state index in [4.69, 9.17) is 4.99 Å². The van der Waals surface area contributed by atoms with E-state index in [0.717, 1.165) is 12.0 Å². The van der Waals surface area contributed by atoms with Crippen LogP contribution in [-0.2, 0) is 0 Å². The zero-order valence-corrected chi connectivity index (χ0v) is 14.8. The van der Waals surface area contributed by atoms with Crippen LogP contribution in [0.5, 0.6) is 0 Å². The van der Waals surface area contributed by atoms with Crippen LogP contribution in [0.25, 0.3) is 0 Å². The fraction of sp³-hybridized carbons (Fsp3) is 0.950. The van der Waals surface area contributed by atoms with Gasteiger partial charge in [-0.15, -0.1) is 0 Å². The molecule has 1 heterocycles. The fourth-order valence-electron chi connectivity index (χ4n) is 5.44. The Morgan fingerprint density at radius 3 is 1.74 bits per heavy atom. The van der Waals surface area contributed by atoms with Crippen molar-refractivity contribution in [3.8, 4) is 0 Å². The minimum absolute atomic E-state index is 0.417. The highest BCUT2D eigenvalue weighted by Gasteiger charge is 2.42. The molecule has 0 N–H and O–H groups in total. The third-order valence-electron chi connectivity index (χ3n) is 6.75. The summed E-state index contributed by atoms with van der Waals surface area (Å²) in [5.41, 5.74) is 0. The fourth-order valence-corrected chi connectivity index (χ4v) is 5.44. The van der Waals surface area contributed by atoms with Gasteiger partial charge in [0.15, 0.2) is 6.34 Å². The van der Waals surface area contributed by atoms with Gasteiger partial charge in [-0.25, -0.2) is 4.99 Å². The SMILES string of the molecule is [C]1=NC(C2CCCCC2)N(C2CCCCC2)N1C1CCCCC1. The van der Waals surface area contributed by atoms with Crippen molar-refractivity contribution in [3.05, 3.63) is 0 Å². The maximum Gasteiger partial charge on any atom is 0.185 e. The molecule has 0 aromatic carbocycles. The van der Waals surface area contributed by atoms with Crippen LogP contribution < -0.4 is 0 Å². The van der Waals surface area contributed by atoms with Crippen LogP contribution in [0.15, 0.2) is 4.99 Å². The largest absolute Gasteiger partial charge is 0.281 e. The highest BCUT2D eigenvalue weighted by atomic mass is 15.7. The summed E-state index contributed by atoms with van der Waals surface area (Å²) in [6.45, 7) is 0. The molecule has 4 rings (SSSR count). The number of aliphatic imine (C=N–C) groups is 1. The van der Waals surface area contributed by atoms with Gasteiger partial charge in [0.05, 0.1) is 0 Å². The van der Waals surface area contributed by atoms with E-state index in [-0.39, 0.29) is 0 Å². The van der Waals surface area contributed by atoms with E-state index in [0.29, 0.717) is 12.2 Å². The summed E-state index contributed by atoms with van der Waals surface area (Å²) >= 11 is 0. The first kappa shape index (κ1) is 15.9. The Kier molecular flexibility index (Phi) is 5.23. The lowest BCUT2D eigenvalue weighted by atomic mass is 9.85. The average Bonchev–Trinajstić information content (AvgIpc) is 3.09. The molecule has 129 valence electrons. The van der Waals surface area contributed by atoms with E-state index in [1.54, 1.807) is 0 Å². The predicted octanol–water partition coefficient (Wildman–Crippen LogP) is 5.00. The maximum absolute atomic E-state index is 4.97. The van der Waals surface area contributed by atoms with Gasteiger partial charge in [-0.05, 0) is 44.4 Å². The maximum atomic E-state index is 4.97. The molecule has 0 saturated heterocycles. The average molecular weight is 317 g/mol. The minimum atomic E-state index is 0.417. The van der Waals surface area contributed by atoms with Crippen LogP contribution in [0.4, 0.5) is 0 Å². The lowest BCUT2D eigenvalue weighted by molar-refractivity contribution is -0.0805. The smallest absolute Gasteiger partial charge is 0.185 e. The Morgan fingerprint density at radius 1 is 0.609 bits per heavy atom. The highest BCUT2D eigenvalue weighted by molar-refractivity contribution is 5.57. The molecule has 1 aliphatic heterocycles. The second-order valence-corrected chi connectivity index (χ2v) is 8.35. The molecule has 3 fully saturated rings. The second-order valence-electron chi connectivity index (χ2n) is 8.35. The summed E-state index contributed by atoms with van der Waals surface area (Å²) in [6.07, 6.45) is 24.9. The Morgan fingerprint density at radius 2 is 1.13 bits per heavy atom. The van der Waals surface area contributed by atoms with Crippen molar-refractivity contribution in [3.63, 3.8) is 0 Å². The van der Waals surface area contributed by atoms with Gasteiger partial charge >= 0.3 is 0 Å². The summed E-state index contributed by atoms with van der Waals surface area (Å²) in [6, 6.07) is 1.42. The number of hydrogen-bond acceptors (Lipinski definition) is 3. The molecule has 1 radical (unpaired) electrons. The van der Waals surface area contributed by atoms with E-state index in [1.165, 1.54) is 96.3 Å². The molecule has 4 aliphatic rings. The topological polar surface area (TPSA) is 18.8 Å². The molecule has 0 spiro atoms. The molecule has 3 saturated carbocycles. The van der Waals surface area contributed by atoms with Crippen molar-refractivity contribution in [1.29, 1.82) is 0 Å². The Balaban J connectivity index is 1.51. The van der Waals surface area contributed by atoms with Crippen molar-refractivity contribution >= 4 is 6.34 Å². The van der Waals surface area contributed by atoms with Crippen LogP contribution in [0, 0.1) is 5.92 Å². The monoisotopic (exact) mass is 316 g/mol. The van der Waals surface area contributed by atoms with Crippen LogP contribution in [0.1, 0.15) is 96.3 Å². The van der Waals surface area contributed by atoms with Gasteiger partial charge in [0.2, 0.25) is 0 Å². The predicted molar refractivity (Wildman–Crippen MR) is 95.2 cm³/mol. The van der Waals surface area contributed by atoms with Gasteiger partial charge in [-0.1, -0.05) is 57.8 Å². The standard InChI is InChI=1S/C20H34N3/c1-4-10-17(11-5-1)20-21-16-22(18-12-6-2-7-13-18)23(20)19-14-8-3-9-15-19/h17-20H,1-15H2. The van der Waals surface area contributed by atoms with Gasteiger partial charge in [-0.2, -0.15) is 5.01 Å². The van der Waals surface area contributed by atoms with E-state index in [2.05, 4.69) is 16.4 Å². The first-order valence-corrected chi connectivity index (χ1v) is 10.5. The molecule has 23 heavy (non-hydrogen) atoms. The van der Waals surface area contributed by atoms with Crippen molar-refractivity contribution < 1.29 is 0 Å². The number of rotatable bonds is 3. The van der Waals surface area contributed by atoms with Gasteiger partial charge in [-0.3, -0.25) is 5.01 Å². The van der Waals surface area contributed by atoms with Crippen molar-refractivity contribution in [2.75, 3.05) is 0 Å². The Labute approximate surface area is 142 Å². The molecule has 0 aromatic rings.